The fourth-order valence-electron chi connectivity index (χ4n) is 2.59. The number of hydrogen-bond donors (Lipinski definition) is 2. The minimum Gasteiger partial charge on any atom is -0.481 e. The molecule has 2 rings (SSSR count). The van der Waals surface area contributed by atoms with E-state index in [1.807, 2.05) is 32.0 Å². The van der Waals surface area contributed by atoms with Crippen molar-refractivity contribution in [3.8, 4) is 11.1 Å². The quantitative estimate of drug-likeness (QED) is 0.885. The molecule has 0 spiro atoms. The van der Waals surface area contributed by atoms with Crippen LogP contribution in [0.1, 0.15) is 29.2 Å². The molecule has 2 aromatic carbocycles. The average molecular weight is 322 g/mol. The highest BCUT2D eigenvalue weighted by molar-refractivity contribution is 6.31. The van der Waals surface area contributed by atoms with E-state index in [9.17, 15) is 9.18 Å². The van der Waals surface area contributed by atoms with E-state index in [1.54, 1.807) is 12.1 Å². The van der Waals surface area contributed by atoms with Gasteiger partial charge in [0.05, 0.1) is 11.4 Å². The van der Waals surface area contributed by atoms with E-state index in [0.717, 1.165) is 22.3 Å². The molecule has 3 nitrogen and oxygen atoms in total. The number of hydrogen-bond acceptors (Lipinski definition) is 2. The van der Waals surface area contributed by atoms with Gasteiger partial charge in [-0.25, -0.2) is 4.39 Å². The molecule has 0 unspecified atom stereocenters. The van der Waals surface area contributed by atoms with Crippen molar-refractivity contribution in [2.45, 2.75) is 26.3 Å². The van der Waals surface area contributed by atoms with Crippen LogP contribution >= 0.6 is 11.6 Å². The number of benzene rings is 2. The van der Waals surface area contributed by atoms with Gasteiger partial charge in [0.15, 0.2) is 0 Å². The van der Waals surface area contributed by atoms with Crippen LogP contribution < -0.4 is 5.73 Å². The standard InChI is InChI=1S/C17H17ClFNO2/c1-9-4-3-5-10(2)16(9)11-6-12(14(20)8-15(21)22)17(19)13(18)7-11/h3-7,14H,8,20H2,1-2H3,(H,21,22)/t14-/m0/s1. The predicted octanol–water partition coefficient (Wildman–Crippen LogP) is 4.24. The molecule has 0 heterocycles. The second kappa shape index (κ2) is 6.46. The summed E-state index contributed by atoms with van der Waals surface area (Å²) in [7, 11) is 0. The molecule has 0 radical (unpaired) electrons. The molecule has 0 aromatic heterocycles. The monoisotopic (exact) mass is 321 g/mol. The topological polar surface area (TPSA) is 63.3 Å². The van der Waals surface area contributed by atoms with Gasteiger partial charge in [-0.05, 0) is 48.2 Å². The Kier molecular flexibility index (Phi) is 4.84. The Hall–Kier alpha value is -1.91. The SMILES string of the molecule is Cc1cccc(C)c1-c1cc(Cl)c(F)c([C@@H](N)CC(=O)O)c1. The summed E-state index contributed by atoms with van der Waals surface area (Å²) >= 11 is 5.98. The molecule has 0 amide bonds. The van der Waals surface area contributed by atoms with Crippen molar-refractivity contribution in [1.29, 1.82) is 0 Å². The van der Waals surface area contributed by atoms with Gasteiger partial charge >= 0.3 is 5.97 Å². The number of carboxylic acids is 1. The number of rotatable bonds is 4. The lowest BCUT2D eigenvalue weighted by Crippen LogP contribution is -2.16. The summed E-state index contributed by atoms with van der Waals surface area (Å²) in [4.78, 5) is 10.8. The van der Waals surface area contributed by atoms with Gasteiger partial charge in [0.2, 0.25) is 0 Å². The van der Waals surface area contributed by atoms with Crippen LogP contribution in [0.3, 0.4) is 0 Å². The number of carbonyl (C=O) groups is 1. The van der Waals surface area contributed by atoms with Gasteiger partial charge in [-0.2, -0.15) is 0 Å². The van der Waals surface area contributed by atoms with Crippen LogP contribution in [0.4, 0.5) is 4.39 Å². The summed E-state index contributed by atoms with van der Waals surface area (Å²) in [6.45, 7) is 3.91. The molecule has 0 saturated carbocycles. The van der Waals surface area contributed by atoms with Crippen molar-refractivity contribution in [2.24, 2.45) is 5.73 Å². The molecule has 116 valence electrons. The maximum Gasteiger partial charge on any atom is 0.305 e. The van der Waals surface area contributed by atoms with Crippen molar-refractivity contribution in [1.82, 2.24) is 0 Å². The lowest BCUT2D eigenvalue weighted by atomic mass is 9.92. The first-order chi connectivity index (χ1) is 10.3. The van der Waals surface area contributed by atoms with Crippen LogP contribution in [0.15, 0.2) is 30.3 Å². The van der Waals surface area contributed by atoms with Crippen molar-refractivity contribution >= 4 is 17.6 Å². The predicted molar refractivity (Wildman–Crippen MR) is 85.5 cm³/mol. The zero-order valence-electron chi connectivity index (χ0n) is 12.4. The smallest absolute Gasteiger partial charge is 0.305 e. The fraction of sp³-hybridized carbons (Fsp3) is 0.235. The highest BCUT2D eigenvalue weighted by Gasteiger charge is 2.19. The summed E-state index contributed by atoms with van der Waals surface area (Å²) in [5.41, 5.74) is 9.67. The molecule has 0 fully saturated rings. The zero-order valence-corrected chi connectivity index (χ0v) is 13.1. The molecule has 3 N–H and O–H groups in total. The first-order valence-electron chi connectivity index (χ1n) is 6.84. The highest BCUT2D eigenvalue weighted by Crippen LogP contribution is 2.34. The third-order valence-corrected chi connectivity index (χ3v) is 3.90. The molecule has 0 aliphatic heterocycles. The molecule has 0 aliphatic rings. The largest absolute Gasteiger partial charge is 0.481 e. The minimum atomic E-state index is -1.08. The maximum atomic E-state index is 14.2. The summed E-state index contributed by atoms with van der Waals surface area (Å²) < 4.78 is 14.2. The summed E-state index contributed by atoms with van der Waals surface area (Å²) in [6.07, 6.45) is -0.358. The number of carboxylic acid groups (broad SMARTS) is 1. The van der Waals surface area contributed by atoms with Crippen molar-refractivity contribution in [3.63, 3.8) is 0 Å². The molecule has 0 bridgehead atoms. The summed E-state index contributed by atoms with van der Waals surface area (Å²) in [5, 5.41) is 8.79. The van der Waals surface area contributed by atoms with Crippen molar-refractivity contribution < 1.29 is 14.3 Å². The number of aryl methyl sites for hydroxylation is 2. The lowest BCUT2D eigenvalue weighted by molar-refractivity contribution is -0.137. The highest BCUT2D eigenvalue weighted by atomic mass is 35.5. The normalized spacial score (nSPS) is 12.2. The third-order valence-electron chi connectivity index (χ3n) is 3.62. The number of halogens is 2. The fourth-order valence-corrected chi connectivity index (χ4v) is 2.82. The number of aliphatic carboxylic acids is 1. The third kappa shape index (κ3) is 3.29. The molecule has 22 heavy (non-hydrogen) atoms. The molecular formula is C17H17ClFNO2. The lowest BCUT2D eigenvalue weighted by Gasteiger charge is -2.16. The average Bonchev–Trinajstić information content (AvgIpc) is 2.41. The van der Waals surface area contributed by atoms with Gasteiger partial charge in [0.25, 0.3) is 0 Å². The zero-order chi connectivity index (χ0) is 16.4. The summed E-state index contributed by atoms with van der Waals surface area (Å²) in [6, 6.07) is 8.04. The minimum absolute atomic E-state index is 0.0593. The van der Waals surface area contributed by atoms with E-state index in [4.69, 9.17) is 22.4 Å². The molecular weight excluding hydrogens is 305 g/mol. The van der Waals surface area contributed by atoms with E-state index in [0.29, 0.717) is 0 Å². The summed E-state index contributed by atoms with van der Waals surface area (Å²) in [5.74, 6) is -1.74. The van der Waals surface area contributed by atoms with Crippen LogP contribution in [0, 0.1) is 19.7 Å². The Balaban J connectivity index is 2.60. The van der Waals surface area contributed by atoms with Gasteiger partial charge in [0.1, 0.15) is 5.82 Å². The van der Waals surface area contributed by atoms with E-state index >= 15 is 0 Å². The Bertz CT molecular complexity index is 711. The second-order valence-electron chi connectivity index (χ2n) is 5.33. The first-order valence-corrected chi connectivity index (χ1v) is 7.22. The van der Waals surface area contributed by atoms with Crippen LogP contribution in [-0.2, 0) is 4.79 Å². The Morgan fingerprint density at radius 2 is 1.91 bits per heavy atom. The van der Waals surface area contributed by atoms with Crippen molar-refractivity contribution in [2.75, 3.05) is 0 Å². The van der Waals surface area contributed by atoms with Crippen LogP contribution in [-0.4, -0.2) is 11.1 Å². The maximum absolute atomic E-state index is 14.2. The second-order valence-corrected chi connectivity index (χ2v) is 5.74. The molecule has 0 saturated heterocycles. The van der Waals surface area contributed by atoms with Crippen molar-refractivity contribution in [3.05, 3.63) is 57.9 Å². The van der Waals surface area contributed by atoms with E-state index in [1.165, 1.54) is 0 Å². The van der Waals surface area contributed by atoms with E-state index in [-0.39, 0.29) is 17.0 Å². The van der Waals surface area contributed by atoms with Gasteiger partial charge in [-0.15, -0.1) is 0 Å². The molecule has 1 atom stereocenters. The van der Waals surface area contributed by atoms with E-state index in [2.05, 4.69) is 0 Å². The number of nitrogens with two attached hydrogens (primary N) is 1. The van der Waals surface area contributed by atoms with Gasteiger partial charge in [-0.3, -0.25) is 4.79 Å². The Labute approximate surface area is 133 Å². The van der Waals surface area contributed by atoms with E-state index < -0.39 is 17.8 Å². The molecule has 5 heteroatoms. The molecule has 0 aliphatic carbocycles. The Morgan fingerprint density at radius 1 is 1.32 bits per heavy atom. The first kappa shape index (κ1) is 16.5. The Morgan fingerprint density at radius 3 is 2.45 bits per heavy atom. The van der Waals surface area contributed by atoms with Crippen LogP contribution in [0.2, 0.25) is 5.02 Å². The van der Waals surface area contributed by atoms with Crippen LogP contribution in [0.25, 0.3) is 11.1 Å². The van der Waals surface area contributed by atoms with Gasteiger partial charge in [-0.1, -0.05) is 29.8 Å². The van der Waals surface area contributed by atoms with Gasteiger partial charge < -0.3 is 10.8 Å². The van der Waals surface area contributed by atoms with Crippen LogP contribution in [0.5, 0.6) is 0 Å². The van der Waals surface area contributed by atoms with Gasteiger partial charge in [0, 0.05) is 11.6 Å². The molecule has 2 aromatic rings.